The van der Waals surface area contributed by atoms with E-state index in [9.17, 15) is 4.79 Å². The summed E-state index contributed by atoms with van der Waals surface area (Å²) in [5, 5.41) is 2.86. The van der Waals surface area contributed by atoms with Crippen molar-refractivity contribution in [2.75, 3.05) is 29.5 Å². The van der Waals surface area contributed by atoms with Gasteiger partial charge < -0.3 is 10.2 Å². The number of thioether (sulfide) groups is 2. The van der Waals surface area contributed by atoms with Gasteiger partial charge in [0.2, 0.25) is 5.91 Å². The Morgan fingerprint density at radius 3 is 2.20 bits per heavy atom. The average Bonchev–Trinajstić information content (AvgIpc) is 2.83. The summed E-state index contributed by atoms with van der Waals surface area (Å²) in [6, 6.07) is 28.7. The van der Waals surface area contributed by atoms with Gasteiger partial charge in [-0.05, 0) is 35.4 Å². The molecule has 1 saturated heterocycles. The zero-order chi connectivity index (χ0) is 20.6. The molecule has 1 heterocycles. The lowest BCUT2D eigenvalue weighted by molar-refractivity contribution is -0.120. The first-order valence-electron chi connectivity index (χ1n) is 10.3. The van der Waals surface area contributed by atoms with Gasteiger partial charge in [0, 0.05) is 41.7 Å². The first-order valence-corrected chi connectivity index (χ1v) is 12.3. The molecule has 1 unspecified atom stereocenters. The van der Waals surface area contributed by atoms with Crippen LogP contribution in [0.15, 0.2) is 89.8 Å². The van der Waals surface area contributed by atoms with Gasteiger partial charge in [0.15, 0.2) is 0 Å². The second-order valence-corrected chi connectivity index (χ2v) is 9.61. The van der Waals surface area contributed by atoms with Crippen molar-refractivity contribution >= 4 is 35.1 Å². The fourth-order valence-electron chi connectivity index (χ4n) is 3.46. The predicted molar refractivity (Wildman–Crippen MR) is 129 cm³/mol. The molecule has 1 aliphatic heterocycles. The average molecular weight is 435 g/mol. The molecule has 1 N–H and O–H groups in total. The van der Waals surface area contributed by atoms with E-state index in [0.29, 0.717) is 6.54 Å². The normalized spacial score (nSPS) is 14.9. The molecule has 154 valence electrons. The third-order valence-corrected chi connectivity index (χ3v) is 7.33. The summed E-state index contributed by atoms with van der Waals surface area (Å²) < 4.78 is 0. The molecule has 0 aliphatic carbocycles. The van der Waals surface area contributed by atoms with E-state index in [4.69, 9.17) is 0 Å². The minimum Gasteiger partial charge on any atom is -0.370 e. The molecular formula is C25H26N2OS2. The Balaban J connectivity index is 1.41. The summed E-state index contributed by atoms with van der Waals surface area (Å²) in [7, 11) is 0. The van der Waals surface area contributed by atoms with Crippen LogP contribution in [0.1, 0.15) is 16.4 Å². The van der Waals surface area contributed by atoms with Crippen LogP contribution in [0.4, 0.5) is 5.69 Å². The van der Waals surface area contributed by atoms with Crippen LogP contribution in [0.25, 0.3) is 0 Å². The Hall–Kier alpha value is -2.37. The van der Waals surface area contributed by atoms with E-state index in [-0.39, 0.29) is 11.2 Å². The topological polar surface area (TPSA) is 32.3 Å². The fourth-order valence-corrected chi connectivity index (χ4v) is 5.44. The zero-order valence-corrected chi connectivity index (χ0v) is 18.5. The monoisotopic (exact) mass is 434 g/mol. The van der Waals surface area contributed by atoms with E-state index in [1.807, 2.05) is 72.4 Å². The number of hydrogen-bond acceptors (Lipinski definition) is 4. The fraction of sp³-hybridized carbons (Fsp3) is 0.240. The standard InChI is InChI=1S/C25H26N2OS2/c28-25(24(21-7-3-1-4-8-21)30-23-9-5-2-6-10-23)26-19-20-11-13-22(14-12-20)27-15-17-29-18-16-27/h1-14,24H,15-19H2,(H,26,28). The molecule has 0 bridgehead atoms. The molecule has 3 aromatic rings. The van der Waals surface area contributed by atoms with Gasteiger partial charge in [-0.15, -0.1) is 11.8 Å². The minimum absolute atomic E-state index is 0.0344. The second kappa shape index (κ2) is 10.6. The lowest BCUT2D eigenvalue weighted by Crippen LogP contribution is -2.32. The van der Waals surface area contributed by atoms with Crippen molar-refractivity contribution in [2.24, 2.45) is 0 Å². The highest BCUT2D eigenvalue weighted by Crippen LogP contribution is 2.35. The van der Waals surface area contributed by atoms with Gasteiger partial charge in [-0.25, -0.2) is 0 Å². The molecule has 0 aromatic heterocycles. The second-order valence-electron chi connectivity index (χ2n) is 7.21. The minimum atomic E-state index is -0.279. The SMILES string of the molecule is O=C(NCc1ccc(N2CCSCC2)cc1)C(Sc1ccccc1)c1ccccc1. The molecule has 3 nitrogen and oxygen atoms in total. The highest BCUT2D eigenvalue weighted by atomic mass is 32.2. The molecule has 1 fully saturated rings. The van der Waals surface area contributed by atoms with Crippen molar-refractivity contribution in [3.63, 3.8) is 0 Å². The zero-order valence-electron chi connectivity index (χ0n) is 16.9. The van der Waals surface area contributed by atoms with Crippen LogP contribution in [0.2, 0.25) is 0 Å². The first kappa shape index (κ1) is 20.9. The Labute approximate surface area is 187 Å². The molecule has 0 spiro atoms. The van der Waals surface area contributed by atoms with E-state index in [0.717, 1.165) is 29.1 Å². The van der Waals surface area contributed by atoms with Gasteiger partial charge in [0.1, 0.15) is 5.25 Å². The molecule has 1 amide bonds. The van der Waals surface area contributed by atoms with Gasteiger partial charge in [-0.3, -0.25) is 4.79 Å². The van der Waals surface area contributed by atoms with Crippen molar-refractivity contribution in [2.45, 2.75) is 16.7 Å². The molecular weight excluding hydrogens is 408 g/mol. The summed E-state index contributed by atoms with van der Waals surface area (Å²) in [6.07, 6.45) is 0. The molecule has 3 aromatic carbocycles. The van der Waals surface area contributed by atoms with Crippen molar-refractivity contribution in [3.05, 3.63) is 96.1 Å². The maximum atomic E-state index is 13.1. The summed E-state index contributed by atoms with van der Waals surface area (Å²) in [5.41, 5.74) is 3.41. The van der Waals surface area contributed by atoms with E-state index in [1.54, 1.807) is 11.8 Å². The highest BCUT2D eigenvalue weighted by Gasteiger charge is 2.21. The van der Waals surface area contributed by atoms with Gasteiger partial charge in [0.25, 0.3) is 0 Å². The quantitative estimate of drug-likeness (QED) is 0.505. The van der Waals surface area contributed by atoms with Crippen LogP contribution in [-0.2, 0) is 11.3 Å². The maximum Gasteiger partial charge on any atom is 0.238 e. The third-order valence-electron chi connectivity index (χ3n) is 5.12. The molecule has 0 radical (unpaired) electrons. The Bertz CT molecular complexity index is 926. The number of benzene rings is 3. The maximum absolute atomic E-state index is 13.1. The highest BCUT2D eigenvalue weighted by molar-refractivity contribution is 8.00. The molecule has 5 heteroatoms. The van der Waals surface area contributed by atoms with Crippen molar-refractivity contribution in [3.8, 4) is 0 Å². The number of amides is 1. The summed E-state index contributed by atoms with van der Waals surface area (Å²) in [6.45, 7) is 2.75. The number of rotatable bonds is 7. The van der Waals surface area contributed by atoms with Crippen molar-refractivity contribution in [1.29, 1.82) is 0 Å². The number of carbonyl (C=O) groups excluding carboxylic acids is 1. The van der Waals surface area contributed by atoms with E-state index in [1.165, 1.54) is 17.2 Å². The van der Waals surface area contributed by atoms with Crippen molar-refractivity contribution in [1.82, 2.24) is 5.32 Å². The first-order chi connectivity index (χ1) is 14.8. The van der Waals surface area contributed by atoms with Crippen molar-refractivity contribution < 1.29 is 4.79 Å². The number of nitrogens with zero attached hydrogens (tertiary/aromatic N) is 1. The number of nitrogens with one attached hydrogen (secondary N) is 1. The van der Waals surface area contributed by atoms with Gasteiger partial charge in [-0.1, -0.05) is 60.7 Å². The summed E-state index contributed by atoms with van der Waals surface area (Å²) in [4.78, 5) is 16.6. The predicted octanol–water partition coefficient (Wildman–Crippen LogP) is 5.39. The van der Waals surface area contributed by atoms with E-state index < -0.39 is 0 Å². The third kappa shape index (κ3) is 5.61. The van der Waals surface area contributed by atoms with Crippen LogP contribution in [0.5, 0.6) is 0 Å². The molecule has 1 atom stereocenters. The summed E-state index contributed by atoms with van der Waals surface area (Å²) in [5.74, 6) is 2.42. The molecule has 4 rings (SSSR count). The molecule has 1 aliphatic rings. The largest absolute Gasteiger partial charge is 0.370 e. The lowest BCUT2D eigenvalue weighted by Gasteiger charge is -2.28. The van der Waals surface area contributed by atoms with Crippen LogP contribution >= 0.6 is 23.5 Å². The smallest absolute Gasteiger partial charge is 0.238 e. The van der Waals surface area contributed by atoms with Crippen LogP contribution in [0.3, 0.4) is 0 Å². The van der Waals surface area contributed by atoms with Gasteiger partial charge in [-0.2, -0.15) is 11.8 Å². The van der Waals surface area contributed by atoms with Crippen LogP contribution in [-0.4, -0.2) is 30.5 Å². The Kier molecular flexibility index (Phi) is 7.38. The summed E-state index contributed by atoms with van der Waals surface area (Å²) >= 11 is 3.60. The molecule has 30 heavy (non-hydrogen) atoms. The Morgan fingerprint density at radius 1 is 0.900 bits per heavy atom. The van der Waals surface area contributed by atoms with Crippen LogP contribution in [0, 0.1) is 0 Å². The Morgan fingerprint density at radius 2 is 1.53 bits per heavy atom. The van der Waals surface area contributed by atoms with Crippen LogP contribution < -0.4 is 10.2 Å². The number of carbonyl (C=O) groups is 1. The van der Waals surface area contributed by atoms with Gasteiger partial charge in [0.05, 0.1) is 0 Å². The van der Waals surface area contributed by atoms with Gasteiger partial charge >= 0.3 is 0 Å². The van der Waals surface area contributed by atoms with E-state index >= 15 is 0 Å². The number of hydrogen-bond donors (Lipinski definition) is 1. The van der Waals surface area contributed by atoms with E-state index in [2.05, 4.69) is 34.5 Å². The lowest BCUT2D eigenvalue weighted by atomic mass is 10.1. The number of anilines is 1. The molecule has 0 saturated carbocycles.